The van der Waals surface area contributed by atoms with Crippen molar-refractivity contribution in [1.29, 1.82) is 0 Å². The number of nitrogens with zero attached hydrogens (tertiary/aromatic N) is 2. The fourth-order valence-electron chi connectivity index (χ4n) is 1.54. The van der Waals surface area contributed by atoms with Crippen LogP contribution in [0.3, 0.4) is 0 Å². The molecule has 2 aromatic rings. The van der Waals surface area contributed by atoms with Gasteiger partial charge in [0.25, 0.3) is 5.56 Å². The molecule has 2 heterocycles. The summed E-state index contributed by atoms with van der Waals surface area (Å²) in [5.74, 6) is 1.47. The van der Waals surface area contributed by atoms with E-state index in [0.29, 0.717) is 18.2 Å². The van der Waals surface area contributed by atoms with E-state index in [1.165, 1.54) is 6.07 Å². The molecule has 0 atom stereocenters. The van der Waals surface area contributed by atoms with Crippen molar-refractivity contribution in [3.05, 3.63) is 52.3 Å². The van der Waals surface area contributed by atoms with Crippen LogP contribution in [0.25, 0.3) is 0 Å². The Morgan fingerprint density at radius 2 is 2.28 bits per heavy atom. The Labute approximate surface area is 105 Å². The van der Waals surface area contributed by atoms with Gasteiger partial charge in [-0.15, -0.1) is 0 Å². The van der Waals surface area contributed by atoms with E-state index in [4.69, 9.17) is 0 Å². The van der Waals surface area contributed by atoms with Crippen molar-refractivity contribution >= 4 is 5.82 Å². The van der Waals surface area contributed by atoms with Crippen LogP contribution in [0.4, 0.5) is 5.82 Å². The fraction of sp³-hybridized carbons (Fsp3) is 0.308. The van der Waals surface area contributed by atoms with Gasteiger partial charge in [-0.05, 0) is 11.6 Å². The average Bonchev–Trinajstić information content (AvgIpc) is 2.37. The highest BCUT2D eigenvalue weighted by atomic mass is 16.1. The molecular formula is C13H16N4O. The van der Waals surface area contributed by atoms with Crippen molar-refractivity contribution in [1.82, 2.24) is 15.0 Å². The Balaban J connectivity index is 2.12. The monoisotopic (exact) mass is 244 g/mol. The van der Waals surface area contributed by atoms with Crippen LogP contribution < -0.4 is 10.9 Å². The van der Waals surface area contributed by atoms with Gasteiger partial charge < -0.3 is 10.3 Å². The van der Waals surface area contributed by atoms with E-state index in [-0.39, 0.29) is 11.5 Å². The highest BCUT2D eigenvalue weighted by Gasteiger charge is 2.04. The maximum Gasteiger partial charge on any atom is 0.252 e. The van der Waals surface area contributed by atoms with E-state index in [1.807, 2.05) is 26.0 Å². The molecule has 0 saturated carbocycles. The molecule has 2 aromatic heterocycles. The standard InChI is InChI=1S/C13H16N4O/c1-9(2)13-16-11(6-12(18)17-13)15-8-10-4-3-5-14-7-10/h3-7,9H,8H2,1-2H3,(H2,15,16,17,18). The number of hydrogen-bond acceptors (Lipinski definition) is 4. The molecule has 94 valence electrons. The Hall–Kier alpha value is -2.17. The highest BCUT2D eigenvalue weighted by Crippen LogP contribution is 2.09. The highest BCUT2D eigenvalue weighted by molar-refractivity contribution is 5.34. The van der Waals surface area contributed by atoms with Gasteiger partial charge in [0.15, 0.2) is 0 Å². The van der Waals surface area contributed by atoms with E-state index in [9.17, 15) is 4.79 Å². The summed E-state index contributed by atoms with van der Waals surface area (Å²) in [4.78, 5) is 22.6. The summed E-state index contributed by atoms with van der Waals surface area (Å²) in [5.41, 5.74) is 0.910. The quantitative estimate of drug-likeness (QED) is 0.861. The summed E-state index contributed by atoms with van der Waals surface area (Å²) in [6.07, 6.45) is 3.51. The summed E-state index contributed by atoms with van der Waals surface area (Å²) in [6, 6.07) is 5.31. The normalized spacial score (nSPS) is 10.6. The molecule has 0 spiro atoms. The van der Waals surface area contributed by atoms with Crippen LogP contribution in [0.1, 0.15) is 31.2 Å². The predicted molar refractivity (Wildman–Crippen MR) is 70.5 cm³/mol. The van der Waals surface area contributed by atoms with Crippen molar-refractivity contribution in [2.45, 2.75) is 26.3 Å². The van der Waals surface area contributed by atoms with E-state index >= 15 is 0 Å². The lowest BCUT2D eigenvalue weighted by atomic mass is 10.2. The van der Waals surface area contributed by atoms with Gasteiger partial charge in [0, 0.05) is 30.9 Å². The van der Waals surface area contributed by atoms with Gasteiger partial charge >= 0.3 is 0 Å². The third-order valence-electron chi connectivity index (χ3n) is 2.50. The van der Waals surface area contributed by atoms with Crippen LogP contribution in [0.15, 0.2) is 35.4 Å². The van der Waals surface area contributed by atoms with Crippen molar-refractivity contribution in [3.63, 3.8) is 0 Å². The minimum Gasteiger partial charge on any atom is -0.366 e. The van der Waals surface area contributed by atoms with Crippen molar-refractivity contribution in [3.8, 4) is 0 Å². The second kappa shape index (κ2) is 5.44. The first-order valence-corrected chi connectivity index (χ1v) is 5.89. The molecule has 0 aromatic carbocycles. The molecule has 0 bridgehead atoms. The smallest absolute Gasteiger partial charge is 0.252 e. The van der Waals surface area contributed by atoms with E-state index < -0.39 is 0 Å². The molecule has 5 heteroatoms. The molecule has 18 heavy (non-hydrogen) atoms. The molecule has 0 aliphatic carbocycles. The van der Waals surface area contributed by atoms with Gasteiger partial charge in [-0.25, -0.2) is 4.98 Å². The Morgan fingerprint density at radius 3 is 2.94 bits per heavy atom. The summed E-state index contributed by atoms with van der Waals surface area (Å²) in [5, 5.41) is 3.13. The molecular weight excluding hydrogens is 228 g/mol. The Kier molecular flexibility index (Phi) is 3.72. The zero-order valence-electron chi connectivity index (χ0n) is 10.5. The molecule has 0 amide bonds. The minimum atomic E-state index is -0.137. The van der Waals surface area contributed by atoms with Gasteiger partial charge in [-0.1, -0.05) is 19.9 Å². The first-order valence-electron chi connectivity index (χ1n) is 5.89. The van der Waals surface area contributed by atoms with E-state index in [0.717, 1.165) is 5.56 Å². The van der Waals surface area contributed by atoms with Crippen molar-refractivity contribution in [2.75, 3.05) is 5.32 Å². The number of hydrogen-bond donors (Lipinski definition) is 2. The third-order valence-corrected chi connectivity index (χ3v) is 2.50. The van der Waals surface area contributed by atoms with Crippen LogP contribution >= 0.6 is 0 Å². The maximum atomic E-state index is 11.5. The molecule has 0 radical (unpaired) electrons. The number of rotatable bonds is 4. The molecule has 2 N–H and O–H groups in total. The second-order valence-corrected chi connectivity index (χ2v) is 4.39. The zero-order valence-corrected chi connectivity index (χ0v) is 10.5. The lowest BCUT2D eigenvalue weighted by Crippen LogP contribution is -2.14. The topological polar surface area (TPSA) is 70.7 Å². The van der Waals surface area contributed by atoms with E-state index in [2.05, 4.69) is 20.3 Å². The number of nitrogens with one attached hydrogen (secondary N) is 2. The molecule has 0 saturated heterocycles. The van der Waals surface area contributed by atoms with Crippen LogP contribution in [0.2, 0.25) is 0 Å². The summed E-state index contributed by atoms with van der Waals surface area (Å²) in [6.45, 7) is 4.58. The SMILES string of the molecule is CC(C)c1nc(NCc2cccnc2)cc(=O)[nH]1. The van der Waals surface area contributed by atoms with Crippen LogP contribution in [-0.2, 0) is 6.54 Å². The lowest BCUT2D eigenvalue weighted by Gasteiger charge is -2.08. The Bertz CT molecular complexity index is 563. The number of anilines is 1. The lowest BCUT2D eigenvalue weighted by molar-refractivity contribution is 0.766. The number of H-pyrrole nitrogens is 1. The van der Waals surface area contributed by atoms with Gasteiger partial charge in [0.2, 0.25) is 0 Å². The van der Waals surface area contributed by atoms with Crippen LogP contribution in [0.5, 0.6) is 0 Å². The zero-order chi connectivity index (χ0) is 13.0. The fourth-order valence-corrected chi connectivity index (χ4v) is 1.54. The van der Waals surface area contributed by atoms with Gasteiger partial charge in [0.1, 0.15) is 11.6 Å². The van der Waals surface area contributed by atoms with Crippen LogP contribution in [0, 0.1) is 0 Å². The largest absolute Gasteiger partial charge is 0.366 e. The van der Waals surface area contributed by atoms with Crippen molar-refractivity contribution < 1.29 is 0 Å². The van der Waals surface area contributed by atoms with Crippen molar-refractivity contribution in [2.24, 2.45) is 0 Å². The molecule has 0 aliphatic rings. The molecule has 2 rings (SSSR count). The van der Waals surface area contributed by atoms with Gasteiger partial charge in [-0.2, -0.15) is 0 Å². The van der Waals surface area contributed by atoms with E-state index in [1.54, 1.807) is 12.4 Å². The first kappa shape index (κ1) is 12.3. The molecule has 0 unspecified atom stereocenters. The molecule has 0 fully saturated rings. The van der Waals surface area contributed by atoms with Crippen LogP contribution in [-0.4, -0.2) is 15.0 Å². The van der Waals surface area contributed by atoms with Gasteiger partial charge in [0.05, 0.1) is 0 Å². The number of pyridine rings is 1. The summed E-state index contributed by atoms with van der Waals surface area (Å²) >= 11 is 0. The summed E-state index contributed by atoms with van der Waals surface area (Å²) in [7, 11) is 0. The predicted octanol–water partition coefficient (Wildman–Crippen LogP) is 1.90. The Morgan fingerprint density at radius 1 is 1.44 bits per heavy atom. The summed E-state index contributed by atoms with van der Waals surface area (Å²) < 4.78 is 0. The number of aromatic amines is 1. The average molecular weight is 244 g/mol. The molecule has 0 aliphatic heterocycles. The first-order chi connectivity index (χ1) is 8.65. The maximum absolute atomic E-state index is 11.5. The third kappa shape index (κ3) is 3.16. The molecule has 5 nitrogen and oxygen atoms in total. The minimum absolute atomic E-state index is 0.137. The van der Waals surface area contributed by atoms with Gasteiger partial charge in [-0.3, -0.25) is 9.78 Å². The second-order valence-electron chi connectivity index (χ2n) is 4.39. The number of aromatic nitrogens is 3.